The van der Waals surface area contributed by atoms with Crippen molar-refractivity contribution in [3.8, 4) is 17.2 Å². The summed E-state index contributed by atoms with van der Waals surface area (Å²) in [6.45, 7) is 6.01. The van der Waals surface area contributed by atoms with Gasteiger partial charge in [-0.1, -0.05) is 30.3 Å². The topological polar surface area (TPSA) is 43.6 Å². The van der Waals surface area contributed by atoms with E-state index in [-0.39, 0.29) is 0 Å². The van der Waals surface area contributed by atoms with Gasteiger partial charge in [-0.3, -0.25) is 4.57 Å². The quantitative estimate of drug-likeness (QED) is 0.713. The molecule has 4 nitrogen and oxygen atoms in total. The van der Waals surface area contributed by atoms with Crippen LogP contribution in [0.15, 0.2) is 42.5 Å². The van der Waals surface area contributed by atoms with E-state index in [4.69, 9.17) is 0 Å². The smallest absolute Gasteiger partial charge is 0.169 e. The van der Waals surface area contributed by atoms with Crippen LogP contribution in [0, 0.1) is 20.8 Å². The van der Waals surface area contributed by atoms with Crippen LogP contribution in [0.2, 0.25) is 0 Å². The first-order valence-corrected chi connectivity index (χ1v) is 6.58. The number of nitrogens with zero attached hydrogens (tertiary/aromatic N) is 4. The van der Waals surface area contributed by atoms with Gasteiger partial charge in [-0.05, 0) is 38.5 Å². The van der Waals surface area contributed by atoms with Gasteiger partial charge in [-0.2, -0.15) is 0 Å². The summed E-state index contributed by atoms with van der Waals surface area (Å²) in [5.74, 6) is 2.52. The van der Waals surface area contributed by atoms with Gasteiger partial charge in [0.2, 0.25) is 0 Å². The van der Waals surface area contributed by atoms with E-state index in [0.717, 1.165) is 28.7 Å². The van der Waals surface area contributed by atoms with E-state index in [1.54, 1.807) is 0 Å². The number of aryl methyl sites for hydroxylation is 3. The molecule has 0 N–H and O–H groups in total. The Balaban J connectivity index is 2.22. The van der Waals surface area contributed by atoms with Crippen molar-refractivity contribution in [3.05, 3.63) is 59.5 Å². The molecule has 0 aliphatic heterocycles. The highest BCUT2D eigenvalue weighted by atomic mass is 15.3. The Kier molecular flexibility index (Phi) is 3.06. The SMILES string of the molecule is Cc1cc(C)nc(-n2c(C)nnc2-c2ccccc2)c1. The number of pyridine rings is 1. The Morgan fingerprint density at radius 3 is 2.35 bits per heavy atom. The summed E-state index contributed by atoms with van der Waals surface area (Å²) < 4.78 is 2.00. The second-order valence-corrected chi connectivity index (χ2v) is 4.92. The van der Waals surface area contributed by atoms with E-state index in [2.05, 4.69) is 34.2 Å². The van der Waals surface area contributed by atoms with Gasteiger partial charge in [0.15, 0.2) is 5.82 Å². The number of hydrogen-bond donors (Lipinski definition) is 0. The Bertz CT molecular complexity index is 724. The summed E-state index contributed by atoms with van der Waals surface area (Å²) >= 11 is 0. The van der Waals surface area contributed by atoms with Crippen LogP contribution < -0.4 is 0 Å². The van der Waals surface area contributed by atoms with Gasteiger partial charge >= 0.3 is 0 Å². The van der Waals surface area contributed by atoms with E-state index < -0.39 is 0 Å². The summed E-state index contributed by atoms with van der Waals surface area (Å²) in [6.07, 6.45) is 0. The van der Waals surface area contributed by atoms with Crippen molar-refractivity contribution >= 4 is 0 Å². The highest BCUT2D eigenvalue weighted by molar-refractivity contribution is 5.57. The number of rotatable bonds is 2. The molecule has 0 spiro atoms. The van der Waals surface area contributed by atoms with Gasteiger partial charge in [0.1, 0.15) is 11.6 Å². The minimum atomic E-state index is 0.820. The normalized spacial score (nSPS) is 10.8. The van der Waals surface area contributed by atoms with Crippen molar-refractivity contribution in [1.82, 2.24) is 19.7 Å². The number of aromatic nitrogens is 4. The molecule has 0 radical (unpaired) electrons. The van der Waals surface area contributed by atoms with Crippen molar-refractivity contribution in [1.29, 1.82) is 0 Å². The lowest BCUT2D eigenvalue weighted by molar-refractivity contribution is 0.922. The lowest BCUT2D eigenvalue weighted by Gasteiger charge is -2.09. The van der Waals surface area contributed by atoms with Gasteiger partial charge in [0.25, 0.3) is 0 Å². The third-order valence-corrected chi connectivity index (χ3v) is 3.17. The molecule has 100 valence electrons. The highest BCUT2D eigenvalue weighted by Gasteiger charge is 2.13. The molecule has 0 aliphatic carbocycles. The molecule has 2 heterocycles. The molecule has 0 bridgehead atoms. The maximum Gasteiger partial charge on any atom is 0.169 e. The van der Waals surface area contributed by atoms with Gasteiger partial charge in [-0.25, -0.2) is 4.98 Å². The largest absolute Gasteiger partial charge is 0.263 e. The maximum absolute atomic E-state index is 4.61. The third kappa shape index (κ3) is 2.20. The molecule has 1 aromatic carbocycles. The lowest BCUT2D eigenvalue weighted by Crippen LogP contribution is -2.04. The zero-order valence-corrected chi connectivity index (χ0v) is 11.8. The van der Waals surface area contributed by atoms with Crippen LogP contribution in [0.5, 0.6) is 0 Å². The Labute approximate surface area is 118 Å². The fourth-order valence-corrected chi connectivity index (χ4v) is 2.35. The molecule has 0 fully saturated rings. The summed E-state index contributed by atoms with van der Waals surface area (Å²) in [5.41, 5.74) is 3.21. The number of benzene rings is 1. The minimum Gasteiger partial charge on any atom is -0.263 e. The summed E-state index contributed by atoms with van der Waals surface area (Å²) in [4.78, 5) is 4.61. The molecule has 20 heavy (non-hydrogen) atoms. The molecule has 0 aliphatic rings. The van der Waals surface area contributed by atoms with E-state index in [0.29, 0.717) is 0 Å². The maximum atomic E-state index is 4.61. The summed E-state index contributed by atoms with van der Waals surface area (Å²) in [6, 6.07) is 14.2. The molecule has 2 aromatic heterocycles. The van der Waals surface area contributed by atoms with Gasteiger partial charge in [0, 0.05) is 11.3 Å². The van der Waals surface area contributed by atoms with Crippen LogP contribution in [0.1, 0.15) is 17.1 Å². The summed E-state index contributed by atoms with van der Waals surface area (Å²) in [7, 11) is 0. The molecule has 4 heteroatoms. The highest BCUT2D eigenvalue weighted by Crippen LogP contribution is 2.22. The first kappa shape index (κ1) is 12.5. The van der Waals surface area contributed by atoms with E-state index in [9.17, 15) is 0 Å². The second-order valence-electron chi connectivity index (χ2n) is 4.92. The van der Waals surface area contributed by atoms with Crippen LogP contribution in [-0.4, -0.2) is 19.7 Å². The van der Waals surface area contributed by atoms with E-state index >= 15 is 0 Å². The lowest BCUT2D eigenvalue weighted by atomic mass is 10.2. The molecular weight excluding hydrogens is 248 g/mol. The second kappa shape index (κ2) is 4.89. The molecular formula is C16H16N4. The Hall–Kier alpha value is -2.49. The Morgan fingerprint density at radius 2 is 1.65 bits per heavy atom. The average molecular weight is 264 g/mol. The van der Waals surface area contributed by atoms with Gasteiger partial charge in [-0.15, -0.1) is 10.2 Å². The van der Waals surface area contributed by atoms with Crippen molar-refractivity contribution in [2.24, 2.45) is 0 Å². The monoisotopic (exact) mass is 264 g/mol. The Morgan fingerprint density at radius 1 is 0.900 bits per heavy atom. The molecule has 0 unspecified atom stereocenters. The molecule has 0 atom stereocenters. The van der Waals surface area contributed by atoms with Gasteiger partial charge in [0.05, 0.1) is 0 Å². The zero-order valence-electron chi connectivity index (χ0n) is 11.8. The molecule has 3 aromatic rings. The predicted molar refractivity (Wildman–Crippen MR) is 78.8 cm³/mol. The molecule has 3 rings (SSSR count). The van der Waals surface area contributed by atoms with E-state index in [1.807, 2.05) is 48.7 Å². The molecule has 0 saturated carbocycles. The van der Waals surface area contributed by atoms with Crippen LogP contribution in [0.3, 0.4) is 0 Å². The fourth-order valence-electron chi connectivity index (χ4n) is 2.35. The van der Waals surface area contributed by atoms with Crippen LogP contribution in [0.25, 0.3) is 17.2 Å². The van der Waals surface area contributed by atoms with Crippen molar-refractivity contribution in [3.63, 3.8) is 0 Å². The van der Waals surface area contributed by atoms with Crippen LogP contribution in [0.4, 0.5) is 0 Å². The predicted octanol–water partition coefficient (Wildman–Crippen LogP) is 3.25. The standard InChI is InChI=1S/C16H16N4/c1-11-9-12(2)17-15(10-11)20-13(3)18-19-16(20)14-7-5-4-6-8-14/h4-10H,1-3H3. The number of hydrogen-bond acceptors (Lipinski definition) is 3. The average Bonchev–Trinajstić information content (AvgIpc) is 2.80. The van der Waals surface area contributed by atoms with Crippen molar-refractivity contribution in [2.75, 3.05) is 0 Å². The van der Waals surface area contributed by atoms with Gasteiger partial charge < -0.3 is 0 Å². The van der Waals surface area contributed by atoms with Crippen molar-refractivity contribution < 1.29 is 0 Å². The van der Waals surface area contributed by atoms with E-state index in [1.165, 1.54) is 5.56 Å². The fraction of sp³-hybridized carbons (Fsp3) is 0.188. The van der Waals surface area contributed by atoms with Crippen molar-refractivity contribution in [2.45, 2.75) is 20.8 Å². The molecule has 0 amide bonds. The zero-order chi connectivity index (χ0) is 14.1. The van der Waals surface area contributed by atoms with Crippen LogP contribution >= 0.6 is 0 Å². The third-order valence-electron chi connectivity index (χ3n) is 3.17. The first-order valence-electron chi connectivity index (χ1n) is 6.58. The first-order chi connectivity index (χ1) is 9.65. The summed E-state index contributed by atoms with van der Waals surface area (Å²) in [5, 5.41) is 8.50. The van der Waals surface area contributed by atoms with Crippen LogP contribution in [-0.2, 0) is 0 Å². The molecule has 0 saturated heterocycles. The minimum absolute atomic E-state index is 0.820.